The van der Waals surface area contributed by atoms with Gasteiger partial charge >= 0.3 is 0 Å². The van der Waals surface area contributed by atoms with E-state index in [1.807, 2.05) is 32.4 Å². The van der Waals surface area contributed by atoms with Crippen LogP contribution in [0.2, 0.25) is 0 Å². The summed E-state index contributed by atoms with van der Waals surface area (Å²) < 4.78 is 17.5. The van der Waals surface area contributed by atoms with Crippen LogP contribution in [0.15, 0.2) is 48.0 Å². The number of fused-ring (bicyclic) bond motifs is 1. The molecule has 0 bridgehead atoms. The SMILES string of the molecule is CCc1cc(O)c(F)cc1N=C(N)c1cnn2cc(-c3cnn(C)c3)cc2c1NC1CNC(=O)C1. The Labute approximate surface area is 200 Å². The fourth-order valence-corrected chi connectivity index (χ4v) is 4.21. The Morgan fingerprint density at radius 2 is 2.11 bits per heavy atom. The van der Waals surface area contributed by atoms with E-state index in [-0.39, 0.29) is 17.8 Å². The zero-order valence-corrected chi connectivity index (χ0v) is 19.3. The Bertz CT molecular complexity index is 1470. The highest BCUT2D eigenvalue weighted by atomic mass is 19.1. The Balaban J connectivity index is 1.63. The van der Waals surface area contributed by atoms with E-state index in [1.54, 1.807) is 21.6 Å². The second-order valence-electron chi connectivity index (χ2n) is 8.53. The van der Waals surface area contributed by atoms with E-state index < -0.39 is 11.6 Å². The zero-order chi connectivity index (χ0) is 24.7. The third-order valence-electron chi connectivity index (χ3n) is 6.05. The van der Waals surface area contributed by atoms with Crippen LogP contribution < -0.4 is 16.4 Å². The first-order chi connectivity index (χ1) is 16.8. The van der Waals surface area contributed by atoms with Crippen molar-refractivity contribution in [2.45, 2.75) is 25.8 Å². The topological polar surface area (TPSA) is 135 Å². The molecule has 0 radical (unpaired) electrons. The predicted molar refractivity (Wildman–Crippen MR) is 130 cm³/mol. The molecule has 3 aromatic heterocycles. The second kappa shape index (κ2) is 8.75. The molecule has 11 heteroatoms. The van der Waals surface area contributed by atoms with Crippen LogP contribution in [0.25, 0.3) is 16.6 Å². The molecule has 0 saturated carbocycles. The molecular formula is C24H25FN8O2. The normalized spacial score (nSPS) is 16.1. The molecule has 1 fully saturated rings. The quantitative estimate of drug-likeness (QED) is 0.249. The molecule has 1 aliphatic heterocycles. The number of aryl methyl sites for hydroxylation is 2. The van der Waals surface area contributed by atoms with E-state index in [2.05, 4.69) is 25.8 Å². The van der Waals surface area contributed by atoms with Crippen LogP contribution in [-0.4, -0.2) is 48.8 Å². The van der Waals surface area contributed by atoms with Crippen molar-refractivity contribution in [1.29, 1.82) is 0 Å². The van der Waals surface area contributed by atoms with Crippen LogP contribution in [0.3, 0.4) is 0 Å². The van der Waals surface area contributed by atoms with Crippen LogP contribution >= 0.6 is 0 Å². The average Bonchev–Trinajstić information content (AvgIpc) is 3.55. The smallest absolute Gasteiger partial charge is 0.222 e. The summed E-state index contributed by atoms with van der Waals surface area (Å²) in [6.07, 6.45) is 8.01. The summed E-state index contributed by atoms with van der Waals surface area (Å²) in [6, 6.07) is 4.34. The molecule has 5 N–H and O–H groups in total. The van der Waals surface area contributed by atoms with E-state index in [0.29, 0.717) is 41.9 Å². The standard InChI is InChI=1S/C24H25FN8O2/c1-3-13-5-21(34)18(25)7-19(13)31-24(26)17-10-29-33-12-14(15-8-28-32(2)11-15)4-20(33)23(17)30-16-6-22(35)27-9-16/h4-5,7-8,10-12,16,30,34H,3,6,9H2,1-2H3,(H2,26,31)(H,27,35). The van der Waals surface area contributed by atoms with Crippen molar-refractivity contribution in [3.63, 3.8) is 0 Å². The van der Waals surface area contributed by atoms with Crippen molar-refractivity contribution in [1.82, 2.24) is 24.7 Å². The number of halogens is 1. The number of phenols is 1. The van der Waals surface area contributed by atoms with E-state index in [0.717, 1.165) is 22.7 Å². The van der Waals surface area contributed by atoms with Gasteiger partial charge < -0.3 is 21.5 Å². The number of aliphatic imine (C=N–C) groups is 1. The number of rotatable bonds is 6. The van der Waals surface area contributed by atoms with Gasteiger partial charge in [-0.3, -0.25) is 9.48 Å². The Hall–Kier alpha value is -4.41. The number of benzene rings is 1. The summed E-state index contributed by atoms with van der Waals surface area (Å²) in [5.74, 6) is -1.11. The van der Waals surface area contributed by atoms with Crippen LogP contribution in [0, 0.1) is 5.82 Å². The van der Waals surface area contributed by atoms with Crippen molar-refractivity contribution in [2.75, 3.05) is 11.9 Å². The highest BCUT2D eigenvalue weighted by Crippen LogP contribution is 2.32. The van der Waals surface area contributed by atoms with Gasteiger partial charge in [0.2, 0.25) is 5.91 Å². The molecule has 4 aromatic rings. The number of hydrogen-bond acceptors (Lipinski definition) is 6. The monoisotopic (exact) mass is 476 g/mol. The summed E-state index contributed by atoms with van der Waals surface area (Å²) in [5, 5.41) is 24.7. The average molecular weight is 477 g/mol. The maximum Gasteiger partial charge on any atom is 0.222 e. The number of aromatic hydroxyl groups is 1. The Morgan fingerprint density at radius 3 is 2.80 bits per heavy atom. The molecule has 4 heterocycles. The van der Waals surface area contributed by atoms with E-state index in [4.69, 9.17) is 5.73 Å². The van der Waals surface area contributed by atoms with Gasteiger partial charge in [-0.15, -0.1) is 0 Å². The van der Waals surface area contributed by atoms with E-state index in [9.17, 15) is 14.3 Å². The Morgan fingerprint density at radius 1 is 1.29 bits per heavy atom. The summed E-state index contributed by atoms with van der Waals surface area (Å²) in [7, 11) is 1.85. The summed E-state index contributed by atoms with van der Waals surface area (Å²) >= 11 is 0. The van der Waals surface area contributed by atoms with Crippen molar-refractivity contribution in [3.8, 4) is 16.9 Å². The van der Waals surface area contributed by atoms with Crippen LogP contribution in [0.1, 0.15) is 24.5 Å². The molecule has 1 aliphatic rings. The largest absolute Gasteiger partial charge is 0.505 e. The minimum absolute atomic E-state index is 0.0330. The third-order valence-corrected chi connectivity index (χ3v) is 6.05. The van der Waals surface area contributed by atoms with Crippen LogP contribution in [0.5, 0.6) is 5.75 Å². The molecular weight excluding hydrogens is 451 g/mol. The summed E-state index contributed by atoms with van der Waals surface area (Å²) in [6.45, 7) is 2.36. The van der Waals surface area contributed by atoms with Gasteiger partial charge in [0.1, 0.15) is 5.84 Å². The maximum absolute atomic E-state index is 14.1. The number of nitrogens with two attached hydrogens (primary N) is 1. The van der Waals surface area contributed by atoms with Gasteiger partial charge in [0.25, 0.3) is 0 Å². The van der Waals surface area contributed by atoms with Gasteiger partial charge in [-0.05, 0) is 24.1 Å². The lowest BCUT2D eigenvalue weighted by Gasteiger charge is -2.17. The van der Waals surface area contributed by atoms with Gasteiger partial charge in [0.15, 0.2) is 11.6 Å². The zero-order valence-electron chi connectivity index (χ0n) is 19.3. The molecule has 35 heavy (non-hydrogen) atoms. The fourth-order valence-electron chi connectivity index (χ4n) is 4.21. The van der Waals surface area contributed by atoms with E-state index >= 15 is 0 Å². The molecule has 10 nitrogen and oxygen atoms in total. The number of phenolic OH excluding ortho intramolecular Hbond substituents is 1. The second-order valence-corrected chi connectivity index (χ2v) is 8.53. The molecule has 1 aromatic carbocycles. The third kappa shape index (κ3) is 4.27. The number of nitrogens with one attached hydrogen (secondary N) is 2. The minimum atomic E-state index is -0.774. The first-order valence-corrected chi connectivity index (χ1v) is 11.2. The molecule has 1 amide bonds. The predicted octanol–water partition coefficient (Wildman–Crippen LogP) is 2.48. The van der Waals surface area contributed by atoms with Gasteiger partial charge in [-0.1, -0.05) is 6.92 Å². The number of carbonyl (C=O) groups excluding carboxylic acids is 1. The number of amides is 1. The van der Waals surface area contributed by atoms with Crippen molar-refractivity contribution >= 4 is 28.6 Å². The molecule has 1 atom stereocenters. The summed E-state index contributed by atoms with van der Waals surface area (Å²) in [5.41, 5.74) is 11.2. The molecule has 1 unspecified atom stereocenters. The molecule has 5 rings (SSSR count). The van der Waals surface area contributed by atoms with Crippen LogP contribution in [0.4, 0.5) is 15.8 Å². The number of aromatic nitrogens is 4. The highest BCUT2D eigenvalue weighted by Gasteiger charge is 2.24. The first kappa shape index (κ1) is 22.4. The number of hydrogen-bond donors (Lipinski definition) is 4. The number of nitrogens with zero attached hydrogens (tertiary/aromatic N) is 5. The lowest BCUT2D eigenvalue weighted by molar-refractivity contribution is -0.119. The summed E-state index contributed by atoms with van der Waals surface area (Å²) in [4.78, 5) is 16.3. The molecule has 1 saturated heterocycles. The lowest BCUT2D eigenvalue weighted by atomic mass is 10.1. The Kier molecular flexibility index (Phi) is 5.59. The van der Waals surface area contributed by atoms with Gasteiger partial charge in [-0.25, -0.2) is 13.9 Å². The lowest BCUT2D eigenvalue weighted by Crippen LogP contribution is -2.25. The van der Waals surface area contributed by atoms with Crippen LogP contribution in [-0.2, 0) is 18.3 Å². The van der Waals surface area contributed by atoms with Gasteiger partial charge in [0, 0.05) is 49.6 Å². The molecule has 0 spiro atoms. The molecule has 0 aliphatic carbocycles. The van der Waals surface area contributed by atoms with Crippen molar-refractivity contribution < 1.29 is 14.3 Å². The minimum Gasteiger partial charge on any atom is -0.505 e. The molecule has 180 valence electrons. The highest BCUT2D eigenvalue weighted by molar-refractivity contribution is 6.06. The number of carbonyl (C=O) groups is 1. The van der Waals surface area contributed by atoms with Gasteiger partial charge in [-0.2, -0.15) is 10.2 Å². The fraction of sp³-hybridized carbons (Fsp3) is 0.250. The first-order valence-electron chi connectivity index (χ1n) is 11.2. The number of amidine groups is 1. The van der Waals surface area contributed by atoms with Crippen molar-refractivity contribution in [3.05, 3.63) is 59.9 Å². The van der Waals surface area contributed by atoms with Crippen molar-refractivity contribution in [2.24, 2.45) is 17.8 Å². The maximum atomic E-state index is 14.1. The van der Waals surface area contributed by atoms with Gasteiger partial charge in [0.05, 0.1) is 40.9 Å². The van der Waals surface area contributed by atoms with E-state index in [1.165, 1.54) is 6.07 Å². The number of anilines is 1.